The van der Waals surface area contributed by atoms with Crippen molar-refractivity contribution in [1.29, 1.82) is 0 Å². The lowest BCUT2D eigenvalue weighted by Crippen LogP contribution is -2.39. The SMILES string of the molecule is Cc1cc(-c2[nH]c3ccc(C4CCN(C(C)CCC(N)=O)CC4)cc3c2C(C)C)cn2ncnc12. The molecule has 1 aromatic carbocycles. The molecule has 7 heteroatoms. The number of benzene rings is 1. The predicted molar refractivity (Wildman–Crippen MR) is 141 cm³/mol. The molecule has 7 nitrogen and oxygen atoms in total. The molecule has 0 spiro atoms. The van der Waals surface area contributed by atoms with Crippen LogP contribution in [0.5, 0.6) is 0 Å². The second-order valence-corrected chi connectivity index (χ2v) is 10.5. The number of hydrogen-bond acceptors (Lipinski definition) is 4. The molecule has 1 fully saturated rings. The Morgan fingerprint density at radius 2 is 1.97 bits per heavy atom. The number of likely N-dealkylation sites (tertiary alicyclic amines) is 1. The highest BCUT2D eigenvalue weighted by atomic mass is 16.1. The molecule has 184 valence electrons. The molecule has 0 bridgehead atoms. The Balaban J connectivity index is 1.42. The van der Waals surface area contributed by atoms with E-state index >= 15 is 0 Å². The van der Waals surface area contributed by atoms with Gasteiger partial charge >= 0.3 is 0 Å². The van der Waals surface area contributed by atoms with Gasteiger partial charge in [0.2, 0.25) is 5.91 Å². The number of pyridine rings is 1. The quantitative estimate of drug-likeness (QED) is 0.389. The smallest absolute Gasteiger partial charge is 0.217 e. The van der Waals surface area contributed by atoms with Gasteiger partial charge in [0.25, 0.3) is 0 Å². The van der Waals surface area contributed by atoms with Gasteiger partial charge in [0.1, 0.15) is 6.33 Å². The number of nitrogens with one attached hydrogen (secondary N) is 1. The molecule has 0 saturated carbocycles. The number of carbonyl (C=O) groups is 1. The molecule has 1 aliphatic rings. The number of H-pyrrole nitrogens is 1. The lowest BCUT2D eigenvalue weighted by molar-refractivity contribution is -0.118. The molecule has 4 heterocycles. The minimum Gasteiger partial charge on any atom is -0.370 e. The van der Waals surface area contributed by atoms with Gasteiger partial charge < -0.3 is 15.6 Å². The number of carbonyl (C=O) groups excluding carboxylic acids is 1. The standard InChI is InChI=1S/C28H36N6O/c1-17(2)26-23-14-21(20-9-11-33(12-10-20)19(4)5-8-25(29)35)6-7-24(23)32-27(26)22-13-18(3)28-30-16-31-34(28)15-22/h6-7,13-17,19-20,32H,5,8-12H2,1-4H3,(H2,29,35). The van der Waals surface area contributed by atoms with Crippen LogP contribution < -0.4 is 5.73 Å². The van der Waals surface area contributed by atoms with Gasteiger partial charge in [-0.2, -0.15) is 5.10 Å². The van der Waals surface area contributed by atoms with Crippen LogP contribution in [0.1, 0.15) is 75.0 Å². The molecule has 4 aromatic rings. The number of hydrogen-bond donors (Lipinski definition) is 2. The predicted octanol–water partition coefficient (Wildman–Crippen LogP) is 5.14. The van der Waals surface area contributed by atoms with Gasteiger partial charge in [0.15, 0.2) is 5.65 Å². The maximum atomic E-state index is 11.2. The van der Waals surface area contributed by atoms with E-state index in [1.807, 2.05) is 4.52 Å². The van der Waals surface area contributed by atoms with Crippen LogP contribution in [0.15, 0.2) is 36.8 Å². The fraction of sp³-hybridized carbons (Fsp3) is 0.464. The van der Waals surface area contributed by atoms with E-state index in [4.69, 9.17) is 5.73 Å². The largest absolute Gasteiger partial charge is 0.370 e. The van der Waals surface area contributed by atoms with Crippen LogP contribution in [0.2, 0.25) is 0 Å². The van der Waals surface area contributed by atoms with E-state index in [0.29, 0.717) is 24.3 Å². The molecule has 1 aliphatic heterocycles. The first-order valence-corrected chi connectivity index (χ1v) is 12.8. The second-order valence-electron chi connectivity index (χ2n) is 10.5. The van der Waals surface area contributed by atoms with E-state index in [1.165, 1.54) is 27.7 Å². The first-order chi connectivity index (χ1) is 16.8. The van der Waals surface area contributed by atoms with E-state index in [-0.39, 0.29) is 5.91 Å². The van der Waals surface area contributed by atoms with Crippen molar-refractivity contribution in [2.24, 2.45) is 5.73 Å². The molecule has 3 N–H and O–H groups in total. The molecular formula is C28H36N6O. The number of aromatic amines is 1. The molecule has 1 unspecified atom stereocenters. The van der Waals surface area contributed by atoms with Crippen LogP contribution in [-0.4, -0.2) is 49.5 Å². The Morgan fingerprint density at radius 3 is 2.69 bits per heavy atom. The molecule has 0 aliphatic carbocycles. The van der Waals surface area contributed by atoms with Crippen LogP contribution in [0, 0.1) is 6.92 Å². The minimum absolute atomic E-state index is 0.205. The first kappa shape index (κ1) is 23.5. The number of aromatic nitrogens is 4. The summed E-state index contributed by atoms with van der Waals surface area (Å²) in [5.74, 6) is 0.739. The van der Waals surface area contributed by atoms with Crippen molar-refractivity contribution >= 4 is 22.5 Å². The van der Waals surface area contributed by atoms with Crippen molar-refractivity contribution in [3.63, 3.8) is 0 Å². The lowest BCUT2D eigenvalue weighted by atomic mass is 9.87. The Labute approximate surface area is 206 Å². The summed E-state index contributed by atoms with van der Waals surface area (Å²) in [4.78, 5) is 21.7. The number of aryl methyl sites for hydroxylation is 1. The van der Waals surface area contributed by atoms with Crippen molar-refractivity contribution in [3.8, 4) is 11.3 Å². The Hall–Kier alpha value is -3.19. The summed E-state index contributed by atoms with van der Waals surface area (Å²) in [7, 11) is 0. The highest BCUT2D eigenvalue weighted by molar-refractivity contribution is 5.92. The highest BCUT2D eigenvalue weighted by Gasteiger charge is 2.25. The Morgan fingerprint density at radius 1 is 1.20 bits per heavy atom. The highest BCUT2D eigenvalue weighted by Crippen LogP contribution is 2.38. The van der Waals surface area contributed by atoms with Crippen LogP contribution in [0.25, 0.3) is 27.8 Å². The summed E-state index contributed by atoms with van der Waals surface area (Å²) >= 11 is 0. The molecule has 1 saturated heterocycles. The van der Waals surface area contributed by atoms with Crippen LogP contribution >= 0.6 is 0 Å². The summed E-state index contributed by atoms with van der Waals surface area (Å²) in [6.45, 7) is 11.0. The number of amides is 1. The van der Waals surface area contributed by atoms with Gasteiger partial charge in [0, 0.05) is 35.1 Å². The van der Waals surface area contributed by atoms with E-state index in [9.17, 15) is 4.79 Å². The number of nitrogens with zero attached hydrogens (tertiary/aromatic N) is 4. The lowest BCUT2D eigenvalue weighted by Gasteiger charge is -2.36. The third-order valence-electron chi connectivity index (χ3n) is 7.72. The van der Waals surface area contributed by atoms with Crippen molar-refractivity contribution in [2.45, 2.75) is 71.3 Å². The maximum Gasteiger partial charge on any atom is 0.217 e. The third kappa shape index (κ3) is 4.57. The molecule has 5 rings (SSSR count). The van der Waals surface area contributed by atoms with Crippen molar-refractivity contribution in [1.82, 2.24) is 24.5 Å². The zero-order valence-corrected chi connectivity index (χ0v) is 21.2. The molecule has 0 radical (unpaired) electrons. The van der Waals surface area contributed by atoms with Gasteiger partial charge in [-0.3, -0.25) is 4.79 Å². The number of piperidine rings is 1. The Bertz CT molecular complexity index is 1360. The van der Waals surface area contributed by atoms with Gasteiger partial charge in [-0.25, -0.2) is 9.50 Å². The number of fused-ring (bicyclic) bond motifs is 2. The number of nitrogens with two attached hydrogens (primary N) is 1. The van der Waals surface area contributed by atoms with E-state index < -0.39 is 0 Å². The van der Waals surface area contributed by atoms with Gasteiger partial charge in [-0.1, -0.05) is 19.9 Å². The van der Waals surface area contributed by atoms with E-state index in [0.717, 1.165) is 49.1 Å². The van der Waals surface area contributed by atoms with Gasteiger partial charge in [0.05, 0.1) is 5.69 Å². The van der Waals surface area contributed by atoms with Crippen molar-refractivity contribution in [3.05, 3.63) is 53.5 Å². The minimum atomic E-state index is -0.205. The zero-order valence-electron chi connectivity index (χ0n) is 21.2. The summed E-state index contributed by atoms with van der Waals surface area (Å²) in [5, 5.41) is 5.69. The van der Waals surface area contributed by atoms with Crippen LogP contribution in [0.4, 0.5) is 0 Å². The van der Waals surface area contributed by atoms with Crippen molar-refractivity contribution < 1.29 is 4.79 Å². The number of primary amides is 1. The van der Waals surface area contributed by atoms with E-state index in [1.54, 1.807) is 6.33 Å². The van der Waals surface area contributed by atoms with Gasteiger partial charge in [-0.15, -0.1) is 0 Å². The zero-order chi connectivity index (χ0) is 24.7. The summed E-state index contributed by atoms with van der Waals surface area (Å²) in [5.41, 5.74) is 13.6. The average Bonchev–Trinajstić information content (AvgIpc) is 3.47. The molecule has 1 atom stereocenters. The fourth-order valence-corrected chi connectivity index (χ4v) is 5.75. The fourth-order valence-electron chi connectivity index (χ4n) is 5.75. The summed E-state index contributed by atoms with van der Waals surface area (Å²) in [6, 6.07) is 9.58. The first-order valence-electron chi connectivity index (χ1n) is 12.8. The molecule has 3 aromatic heterocycles. The molecule has 1 amide bonds. The maximum absolute atomic E-state index is 11.2. The Kier molecular flexibility index (Phi) is 6.36. The molecule has 35 heavy (non-hydrogen) atoms. The topological polar surface area (TPSA) is 92.3 Å². The average molecular weight is 473 g/mol. The van der Waals surface area contributed by atoms with Crippen molar-refractivity contribution in [2.75, 3.05) is 13.1 Å². The monoisotopic (exact) mass is 472 g/mol. The number of rotatable bonds is 7. The van der Waals surface area contributed by atoms with Crippen LogP contribution in [-0.2, 0) is 4.79 Å². The van der Waals surface area contributed by atoms with E-state index in [2.05, 4.69) is 78.1 Å². The third-order valence-corrected chi connectivity index (χ3v) is 7.72. The normalized spacial score (nSPS) is 16.5. The van der Waals surface area contributed by atoms with Crippen LogP contribution in [0.3, 0.4) is 0 Å². The summed E-state index contributed by atoms with van der Waals surface area (Å²) < 4.78 is 1.87. The summed E-state index contributed by atoms with van der Waals surface area (Å²) in [6.07, 6.45) is 7.27. The molecular weight excluding hydrogens is 436 g/mol. The van der Waals surface area contributed by atoms with Gasteiger partial charge in [-0.05, 0) is 92.9 Å². The second kappa shape index (κ2) is 9.46.